The molecule has 6 nitrogen and oxygen atoms in total. The smallest absolute Gasteiger partial charge is 0.225 e. The molecule has 0 radical (unpaired) electrons. The van der Waals surface area contributed by atoms with Crippen LogP contribution in [0.25, 0.3) is 0 Å². The zero-order valence-electron chi connectivity index (χ0n) is 19.4. The number of hydrogen-bond acceptors (Lipinski definition) is 4. The van der Waals surface area contributed by atoms with Crippen LogP contribution in [0.5, 0.6) is 11.5 Å². The van der Waals surface area contributed by atoms with Crippen LogP contribution in [0.2, 0.25) is 0 Å². The highest BCUT2D eigenvalue weighted by Gasteiger charge is 2.33. The van der Waals surface area contributed by atoms with Gasteiger partial charge in [-0.25, -0.2) is 0 Å². The number of ether oxygens (including phenoxy) is 2. The van der Waals surface area contributed by atoms with Gasteiger partial charge in [0.15, 0.2) is 11.5 Å². The molecule has 32 heavy (non-hydrogen) atoms. The van der Waals surface area contributed by atoms with Gasteiger partial charge in [-0.3, -0.25) is 9.59 Å². The van der Waals surface area contributed by atoms with Crippen molar-refractivity contribution in [1.82, 2.24) is 10.2 Å². The molecule has 1 heterocycles. The highest BCUT2D eigenvalue weighted by Crippen LogP contribution is 2.28. The van der Waals surface area contributed by atoms with Gasteiger partial charge in [-0.1, -0.05) is 35.9 Å². The van der Waals surface area contributed by atoms with Crippen LogP contribution in [-0.2, 0) is 22.4 Å². The fourth-order valence-electron chi connectivity index (χ4n) is 3.91. The standard InChI is InChI=1S/C26H34N2O4/c1-4-31-23-11-10-21(16-24(23)32-5-2)12-14-27-26(30)22-17-25(29)28(18-22)15-13-20-8-6-19(3)7-9-20/h6-11,16,22H,4-5,12-15,17-18H2,1-3H3,(H,27,30)/t22-/m0/s1. The van der Waals surface area contributed by atoms with Gasteiger partial charge in [0, 0.05) is 26.1 Å². The highest BCUT2D eigenvalue weighted by atomic mass is 16.5. The number of aryl methyl sites for hydroxylation is 1. The topological polar surface area (TPSA) is 67.9 Å². The Bertz CT molecular complexity index is 911. The number of benzene rings is 2. The van der Waals surface area contributed by atoms with Gasteiger partial charge in [-0.05, 0) is 56.9 Å². The SMILES string of the molecule is CCOc1ccc(CCNC(=O)[C@H]2CC(=O)N(CCc3ccc(C)cc3)C2)cc1OCC. The molecule has 1 N–H and O–H groups in total. The zero-order valence-corrected chi connectivity index (χ0v) is 19.4. The van der Waals surface area contributed by atoms with Crippen LogP contribution in [0, 0.1) is 12.8 Å². The third kappa shape index (κ3) is 6.49. The molecule has 2 aromatic rings. The van der Waals surface area contributed by atoms with Crippen molar-refractivity contribution >= 4 is 11.8 Å². The first-order valence-corrected chi connectivity index (χ1v) is 11.5. The normalized spacial score (nSPS) is 15.7. The van der Waals surface area contributed by atoms with Crippen LogP contribution >= 0.6 is 0 Å². The fourth-order valence-corrected chi connectivity index (χ4v) is 3.91. The molecule has 0 spiro atoms. The zero-order chi connectivity index (χ0) is 22.9. The number of amides is 2. The van der Waals surface area contributed by atoms with Crippen molar-refractivity contribution in [1.29, 1.82) is 0 Å². The minimum atomic E-state index is -0.278. The molecule has 0 aliphatic carbocycles. The predicted octanol–water partition coefficient (Wildman–Crippen LogP) is 3.54. The van der Waals surface area contributed by atoms with Gasteiger partial charge in [0.1, 0.15) is 0 Å². The second-order valence-electron chi connectivity index (χ2n) is 8.16. The lowest BCUT2D eigenvalue weighted by Crippen LogP contribution is -2.34. The van der Waals surface area contributed by atoms with Crippen LogP contribution < -0.4 is 14.8 Å². The maximum Gasteiger partial charge on any atom is 0.225 e. The molecule has 1 aliphatic rings. The Morgan fingerprint density at radius 2 is 1.69 bits per heavy atom. The number of nitrogens with zero attached hydrogens (tertiary/aromatic N) is 1. The molecule has 0 saturated carbocycles. The minimum absolute atomic E-state index is 0.0489. The van der Waals surface area contributed by atoms with E-state index in [-0.39, 0.29) is 24.2 Å². The maximum absolute atomic E-state index is 12.6. The van der Waals surface area contributed by atoms with Gasteiger partial charge in [-0.2, -0.15) is 0 Å². The number of carbonyl (C=O) groups is 2. The molecule has 1 saturated heterocycles. The van der Waals surface area contributed by atoms with Gasteiger partial charge in [0.25, 0.3) is 0 Å². The monoisotopic (exact) mass is 438 g/mol. The van der Waals surface area contributed by atoms with Crippen LogP contribution in [0.15, 0.2) is 42.5 Å². The third-order valence-corrected chi connectivity index (χ3v) is 5.70. The summed E-state index contributed by atoms with van der Waals surface area (Å²) in [6.07, 6.45) is 1.79. The predicted molar refractivity (Wildman–Crippen MR) is 125 cm³/mol. The third-order valence-electron chi connectivity index (χ3n) is 5.70. The number of carbonyl (C=O) groups excluding carboxylic acids is 2. The Kier molecular flexibility index (Phi) is 8.54. The van der Waals surface area contributed by atoms with E-state index in [2.05, 4.69) is 36.5 Å². The van der Waals surface area contributed by atoms with Gasteiger partial charge in [-0.15, -0.1) is 0 Å². The number of likely N-dealkylation sites (tertiary alicyclic amines) is 1. The second kappa shape index (κ2) is 11.6. The molecular formula is C26H34N2O4. The van der Waals surface area contributed by atoms with Crippen molar-refractivity contribution in [2.75, 3.05) is 32.8 Å². The van der Waals surface area contributed by atoms with E-state index >= 15 is 0 Å². The Hall–Kier alpha value is -3.02. The van der Waals surface area contributed by atoms with Crippen molar-refractivity contribution in [3.8, 4) is 11.5 Å². The highest BCUT2D eigenvalue weighted by molar-refractivity contribution is 5.89. The lowest BCUT2D eigenvalue weighted by Gasteiger charge is -2.17. The summed E-state index contributed by atoms with van der Waals surface area (Å²) in [7, 11) is 0. The molecule has 0 unspecified atom stereocenters. The number of nitrogens with one attached hydrogen (secondary N) is 1. The number of hydrogen-bond donors (Lipinski definition) is 1. The summed E-state index contributed by atoms with van der Waals surface area (Å²) in [6.45, 7) is 8.75. The Labute approximate surface area is 190 Å². The van der Waals surface area contributed by atoms with E-state index in [4.69, 9.17) is 9.47 Å². The van der Waals surface area contributed by atoms with Gasteiger partial charge < -0.3 is 19.7 Å². The van der Waals surface area contributed by atoms with Crippen molar-refractivity contribution in [3.05, 3.63) is 59.2 Å². The maximum atomic E-state index is 12.6. The molecule has 172 valence electrons. The summed E-state index contributed by atoms with van der Waals surface area (Å²) in [6, 6.07) is 14.2. The van der Waals surface area contributed by atoms with Crippen molar-refractivity contribution in [3.63, 3.8) is 0 Å². The van der Waals surface area contributed by atoms with E-state index in [1.54, 1.807) is 0 Å². The van der Waals surface area contributed by atoms with Gasteiger partial charge in [0.05, 0.1) is 19.1 Å². The van der Waals surface area contributed by atoms with Crippen LogP contribution in [0.4, 0.5) is 0 Å². The van der Waals surface area contributed by atoms with E-state index in [0.29, 0.717) is 39.3 Å². The Morgan fingerprint density at radius 1 is 1.00 bits per heavy atom. The van der Waals surface area contributed by atoms with E-state index in [0.717, 1.165) is 23.5 Å². The summed E-state index contributed by atoms with van der Waals surface area (Å²) in [5.41, 5.74) is 3.50. The molecule has 1 fully saturated rings. The molecule has 1 aliphatic heterocycles. The van der Waals surface area contributed by atoms with E-state index < -0.39 is 0 Å². The molecular weight excluding hydrogens is 404 g/mol. The Balaban J connectivity index is 1.45. The van der Waals surface area contributed by atoms with Crippen molar-refractivity contribution < 1.29 is 19.1 Å². The number of rotatable bonds is 11. The van der Waals surface area contributed by atoms with Crippen LogP contribution in [-0.4, -0.2) is 49.6 Å². The summed E-state index contributed by atoms with van der Waals surface area (Å²) in [4.78, 5) is 26.8. The summed E-state index contributed by atoms with van der Waals surface area (Å²) >= 11 is 0. The van der Waals surface area contributed by atoms with Crippen molar-refractivity contribution in [2.45, 2.75) is 40.0 Å². The quantitative estimate of drug-likeness (QED) is 0.583. The first-order chi connectivity index (χ1) is 15.5. The van der Waals surface area contributed by atoms with Crippen LogP contribution in [0.1, 0.15) is 37.0 Å². The molecule has 3 rings (SSSR count). The van der Waals surface area contributed by atoms with Gasteiger partial charge in [0.2, 0.25) is 11.8 Å². The lowest BCUT2D eigenvalue weighted by atomic mass is 10.1. The minimum Gasteiger partial charge on any atom is -0.490 e. The summed E-state index contributed by atoms with van der Waals surface area (Å²) < 4.78 is 11.3. The van der Waals surface area contributed by atoms with E-state index in [9.17, 15) is 9.59 Å². The van der Waals surface area contributed by atoms with E-state index in [1.165, 1.54) is 11.1 Å². The Morgan fingerprint density at radius 3 is 2.41 bits per heavy atom. The summed E-state index contributed by atoms with van der Waals surface area (Å²) in [5, 5.41) is 3.00. The first kappa shape index (κ1) is 23.6. The largest absolute Gasteiger partial charge is 0.490 e. The fraction of sp³-hybridized carbons (Fsp3) is 0.462. The molecule has 2 aromatic carbocycles. The molecule has 6 heteroatoms. The molecule has 0 bridgehead atoms. The van der Waals surface area contributed by atoms with Crippen LogP contribution in [0.3, 0.4) is 0 Å². The lowest BCUT2D eigenvalue weighted by molar-refractivity contribution is -0.129. The van der Waals surface area contributed by atoms with Gasteiger partial charge >= 0.3 is 0 Å². The average molecular weight is 439 g/mol. The summed E-state index contributed by atoms with van der Waals surface area (Å²) in [5.74, 6) is 1.19. The first-order valence-electron chi connectivity index (χ1n) is 11.5. The molecule has 1 atom stereocenters. The average Bonchev–Trinajstić information content (AvgIpc) is 3.16. The van der Waals surface area contributed by atoms with E-state index in [1.807, 2.05) is 36.9 Å². The molecule has 0 aromatic heterocycles. The second-order valence-corrected chi connectivity index (χ2v) is 8.16. The molecule has 2 amide bonds. The van der Waals surface area contributed by atoms with Crippen molar-refractivity contribution in [2.24, 2.45) is 5.92 Å².